The number of halogens is 1. The van der Waals surface area contributed by atoms with Gasteiger partial charge in [0.2, 0.25) is 0 Å². The fourth-order valence-electron chi connectivity index (χ4n) is 2.08. The van der Waals surface area contributed by atoms with Gasteiger partial charge >= 0.3 is 5.97 Å². The number of esters is 1. The molecule has 0 amide bonds. The smallest absolute Gasteiger partial charge is 0.343 e. The lowest BCUT2D eigenvalue weighted by Crippen LogP contribution is -2.06. The van der Waals surface area contributed by atoms with Crippen LogP contribution in [-0.2, 0) is 4.74 Å². The second-order valence-corrected chi connectivity index (χ2v) is 5.95. The van der Waals surface area contributed by atoms with Crippen LogP contribution >= 0.6 is 23.4 Å². The first kappa shape index (κ1) is 17.4. The summed E-state index contributed by atoms with van der Waals surface area (Å²) in [7, 11) is 0. The number of hydrogen-bond acceptors (Lipinski definition) is 4. The first-order chi connectivity index (χ1) is 11.1. The third kappa shape index (κ3) is 4.30. The Bertz CT molecular complexity index is 741. The van der Waals surface area contributed by atoms with E-state index in [0.717, 1.165) is 11.1 Å². The lowest BCUT2D eigenvalue weighted by Gasteiger charge is -2.10. The van der Waals surface area contributed by atoms with Crippen molar-refractivity contribution in [3.05, 3.63) is 58.1 Å². The summed E-state index contributed by atoms with van der Waals surface area (Å²) in [4.78, 5) is 12.6. The molecule has 0 atom stereocenters. The maximum absolute atomic E-state index is 11.9. The summed E-state index contributed by atoms with van der Waals surface area (Å²) in [6.45, 7) is 1.99. The Morgan fingerprint density at radius 1 is 1.30 bits per heavy atom. The van der Waals surface area contributed by atoms with Gasteiger partial charge in [-0.1, -0.05) is 42.0 Å². The number of benzene rings is 2. The van der Waals surface area contributed by atoms with E-state index >= 15 is 0 Å². The molecule has 5 heteroatoms. The van der Waals surface area contributed by atoms with Crippen LogP contribution in [0.2, 0.25) is 5.02 Å². The molecule has 0 aliphatic heterocycles. The van der Waals surface area contributed by atoms with Crippen molar-refractivity contribution in [3.8, 4) is 5.75 Å². The monoisotopic (exact) mass is 348 g/mol. The van der Waals surface area contributed by atoms with Gasteiger partial charge in [0.1, 0.15) is 11.3 Å². The quantitative estimate of drug-likeness (QED) is 0.463. The molecule has 1 N–H and O–H groups in total. The molecular weight excluding hydrogens is 332 g/mol. The normalized spacial score (nSPS) is 10.9. The minimum atomic E-state index is -0.518. The van der Waals surface area contributed by atoms with Crippen molar-refractivity contribution in [2.75, 3.05) is 12.9 Å². The molecule has 2 rings (SSSR count). The van der Waals surface area contributed by atoms with Crippen LogP contribution in [0.15, 0.2) is 41.3 Å². The maximum atomic E-state index is 11.9. The predicted octanol–water partition coefficient (Wildman–Crippen LogP) is 5.11. The van der Waals surface area contributed by atoms with Crippen LogP contribution < -0.4 is 0 Å². The van der Waals surface area contributed by atoms with Crippen molar-refractivity contribution in [3.63, 3.8) is 0 Å². The van der Waals surface area contributed by atoms with Crippen molar-refractivity contribution in [2.24, 2.45) is 0 Å². The van der Waals surface area contributed by atoms with Crippen LogP contribution in [0, 0.1) is 0 Å². The molecule has 0 bridgehead atoms. The zero-order valence-electron chi connectivity index (χ0n) is 12.9. The Kier molecular flexibility index (Phi) is 6.13. The SMILES string of the molecule is CCOC(=O)c1c(O)cc(/C=C/c2ccccc2Cl)cc1SC. The fraction of sp³-hybridized carbons (Fsp3) is 0.167. The number of carbonyl (C=O) groups excluding carboxylic acids is 1. The van der Waals surface area contributed by atoms with Crippen molar-refractivity contribution >= 4 is 41.5 Å². The van der Waals surface area contributed by atoms with Crippen molar-refractivity contribution in [1.82, 2.24) is 0 Å². The van der Waals surface area contributed by atoms with Gasteiger partial charge in [0.15, 0.2) is 0 Å². The van der Waals surface area contributed by atoms with Crippen LogP contribution in [0.3, 0.4) is 0 Å². The van der Waals surface area contributed by atoms with E-state index in [1.807, 2.05) is 48.7 Å². The van der Waals surface area contributed by atoms with Crippen LogP contribution in [0.25, 0.3) is 12.2 Å². The summed E-state index contributed by atoms with van der Waals surface area (Å²) in [6.07, 6.45) is 5.56. The van der Waals surface area contributed by atoms with E-state index in [-0.39, 0.29) is 17.9 Å². The highest BCUT2D eigenvalue weighted by Crippen LogP contribution is 2.31. The summed E-state index contributed by atoms with van der Waals surface area (Å²) < 4.78 is 4.99. The number of phenolic OH excluding ortho intramolecular Hbond substituents is 1. The molecule has 2 aromatic carbocycles. The lowest BCUT2D eigenvalue weighted by molar-refractivity contribution is 0.0519. The van der Waals surface area contributed by atoms with Crippen molar-refractivity contribution < 1.29 is 14.6 Å². The summed E-state index contributed by atoms with van der Waals surface area (Å²) in [5.74, 6) is -0.606. The van der Waals surface area contributed by atoms with Gasteiger partial charge in [-0.2, -0.15) is 0 Å². The number of aromatic hydroxyl groups is 1. The van der Waals surface area contributed by atoms with E-state index in [9.17, 15) is 9.90 Å². The second kappa shape index (κ2) is 8.09. The van der Waals surface area contributed by atoms with Crippen LogP contribution in [0.4, 0.5) is 0 Å². The predicted molar refractivity (Wildman–Crippen MR) is 96.2 cm³/mol. The molecule has 0 spiro atoms. The zero-order valence-corrected chi connectivity index (χ0v) is 14.4. The third-order valence-electron chi connectivity index (χ3n) is 3.16. The molecule has 120 valence electrons. The van der Waals surface area contributed by atoms with Gasteiger partial charge in [0.25, 0.3) is 0 Å². The van der Waals surface area contributed by atoms with Crippen molar-refractivity contribution in [1.29, 1.82) is 0 Å². The Morgan fingerprint density at radius 2 is 2.04 bits per heavy atom. The minimum Gasteiger partial charge on any atom is -0.507 e. The summed E-state index contributed by atoms with van der Waals surface area (Å²) >= 11 is 7.50. The summed E-state index contributed by atoms with van der Waals surface area (Å²) in [5.41, 5.74) is 1.86. The molecule has 0 heterocycles. The first-order valence-corrected chi connectivity index (χ1v) is 8.67. The topological polar surface area (TPSA) is 46.5 Å². The molecule has 0 fully saturated rings. The minimum absolute atomic E-state index is 0.0888. The zero-order chi connectivity index (χ0) is 16.8. The Balaban J connectivity index is 2.37. The number of ether oxygens (including phenoxy) is 1. The average molecular weight is 349 g/mol. The Labute approximate surface area is 144 Å². The molecule has 0 aliphatic carbocycles. The van der Waals surface area contributed by atoms with E-state index in [4.69, 9.17) is 16.3 Å². The summed E-state index contributed by atoms with van der Waals surface area (Å²) in [5, 5.41) is 10.8. The molecule has 23 heavy (non-hydrogen) atoms. The maximum Gasteiger partial charge on any atom is 0.343 e. The Hall–Kier alpha value is -1.91. The Morgan fingerprint density at radius 3 is 2.70 bits per heavy atom. The van der Waals surface area contributed by atoms with Crippen LogP contribution in [0.1, 0.15) is 28.4 Å². The molecule has 0 unspecified atom stereocenters. The molecular formula is C18H17ClO3S. The molecule has 3 nitrogen and oxygen atoms in total. The molecule has 0 aliphatic rings. The molecule has 0 radical (unpaired) electrons. The van der Waals surface area contributed by atoms with Crippen LogP contribution in [0.5, 0.6) is 5.75 Å². The fourth-order valence-corrected chi connectivity index (χ4v) is 2.93. The van der Waals surface area contributed by atoms with Crippen LogP contribution in [-0.4, -0.2) is 23.9 Å². The highest BCUT2D eigenvalue weighted by molar-refractivity contribution is 7.98. The number of phenols is 1. The van der Waals surface area contributed by atoms with E-state index < -0.39 is 5.97 Å². The molecule has 0 aromatic heterocycles. The standard InChI is InChI=1S/C18H17ClO3S/c1-3-22-18(21)17-15(20)10-12(11-16(17)23-2)8-9-13-6-4-5-7-14(13)19/h4-11,20H,3H2,1-2H3/b9-8+. The average Bonchev–Trinajstić information content (AvgIpc) is 2.53. The molecule has 0 saturated heterocycles. The van der Waals surface area contributed by atoms with Gasteiger partial charge in [-0.05, 0) is 42.5 Å². The van der Waals surface area contributed by atoms with E-state index in [0.29, 0.717) is 9.92 Å². The van der Waals surface area contributed by atoms with E-state index in [2.05, 4.69) is 0 Å². The lowest BCUT2D eigenvalue weighted by atomic mass is 10.1. The van der Waals surface area contributed by atoms with Gasteiger partial charge in [-0.3, -0.25) is 0 Å². The third-order valence-corrected chi connectivity index (χ3v) is 4.27. The first-order valence-electron chi connectivity index (χ1n) is 7.07. The number of rotatable bonds is 5. The molecule has 0 saturated carbocycles. The highest BCUT2D eigenvalue weighted by atomic mass is 35.5. The van der Waals surface area contributed by atoms with Crippen molar-refractivity contribution in [2.45, 2.75) is 11.8 Å². The van der Waals surface area contributed by atoms with Gasteiger partial charge in [0, 0.05) is 9.92 Å². The van der Waals surface area contributed by atoms with Gasteiger partial charge in [-0.25, -0.2) is 4.79 Å². The van der Waals surface area contributed by atoms with Gasteiger partial charge in [0.05, 0.1) is 6.61 Å². The van der Waals surface area contributed by atoms with Gasteiger partial charge < -0.3 is 9.84 Å². The second-order valence-electron chi connectivity index (χ2n) is 4.69. The van der Waals surface area contributed by atoms with E-state index in [1.165, 1.54) is 11.8 Å². The van der Waals surface area contributed by atoms with E-state index in [1.54, 1.807) is 13.0 Å². The number of carbonyl (C=O) groups is 1. The summed E-state index contributed by atoms with van der Waals surface area (Å²) in [6, 6.07) is 10.9. The molecule has 2 aromatic rings. The number of hydrogen-bond donors (Lipinski definition) is 1. The highest BCUT2D eigenvalue weighted by Gasteiger charge is 2.18. The largest absolute Gasteiger partial charge is 0.507 e. The van der Waals surface area contributed by atoms with Gasteiger partial charge in [-0.15, -0.1) is 11.8 Å². The number of thioether (sulfide) groups is 1.